The summed E-state index contributed by atoms with van der Waals surface area (Å²) in [5.74, 6) is 1.75. The van der Waals surface area contributed by atoms with Crippen molar-refractivity contribution >= 4 is 65.7 Å². The Morgan fingerprint density at radius 2 is 0.930 bits per heavy atom. The molecule has 0 unspecified atom stereocenters. The van der Waals surface area contributed by atoms with Gasteiger partial charge in [0.2, 0.25) is 0 Å². The van der Waals surface area contributed by atoms with Crippen LogP contribution in [0.5, 0.6) is 0 Å². The zero-order valence-electron chi connectivity index (χ0n) is 30.4. The second kappa shape index (κ2) is 12.3. The molecular weight excluding hydrogens is 701 g/mol. The normalized spacial score (nSPS) is 11.9. The summed E-state index contributed by atoms with van der Waals surface area (Å²) in [6, 6.07) is 62.6. The van der Waals surface area contributed by atoms with E-state index in [1.165, 1.54) is 10.8 Å². The van der Waals surface area contributed by atoms with Gasteiger partial charge >= 0.3 is 0 Å². The predicted molar refractivity (Wildman–Crippen MR) is 230 cm³/mol. The molecule has 0 fully saturated rings. The van der Waals surface area contributed by atoms with Crippen LogP contribution >= 0.6 is 0 Å². The predicted octanol–water partition coefficient (Wildman–Crippen LogP) is 13.4. The van der Waals surface area contributed by atoms with Gasteiger partial charge in [0.15, 0.2) is 17.5 Å². The molecule has 0 aliphatic heterocycles. The zero-order chi connectivity index (χ0) is 37.5. The van der Waals surface area contributed by atoms with E-state index in [0.29, 0.717) is 17.5 Å². The summed E-state index contributed by atoms with van der Waals surface area (Å²) in [4.78, 5) is 15.3. The molecule has 0 N–H and O–H groups in total. The van der Waals surface area contributed by atoms with Gasteiger partial charge in [-0.05, 0) is 65.7 Å². The molecule has 12 aromatic rings. The summed E-state index contributed by atoms with van der Waals surface area (Å²) in [7, 11) is 0. The van der Waals surface area contributed by atoms with E-state index in [9.17, 15) is 0 Å². The minimum absolute atomic E-state index is 0.568. The lowest BCUT2D eigenvalue weighted by Crippen LogP contribution is -2.01. The van der Waals surface area contributed by atoms with Gasteiger partial charge in [-0.2, -0.15) is 0 Å². The molecule has 57 heavy (non-hydrogen) atoms. The zero-order valence-corrected chi connectivity index (χ0v) is 30.4. The molecule has 12 rings (SSSR count). The lowest BCUT2D eigenvalue weighted by molar-refractivity contribution is 0.668. The van der Waals surface area contributed by atoms with Crippen LogP contribution in [-0.2, 0) is 0 Å². The number of rotatable bonds is 5. The van der Waals surface area contributed by atoms with Crippen molar-refractivity contribution in [3.05, 3.63) is 182 Å². The topological polar surface area (TPSA) is 69.9 Å². The number of benzene rings is 8. The van der Waals surface area contributed by atoms with Gasteiger partial charge in [-0.3, -0.25) is 0 Å². The SMILES string of the molecule is c1ccc(-c2nc(-c3cccc(-n4c5ccccc5c5ccc6oc7ccccc7c6c54)c3)nc(-c3ccc4c(c3)oc3cccc(-c5ccccc5)c34)n2)cc1. The first-order valence-corrected chi connectivity index (χ1v) is 19.0. The van der Waals surface area contributed by atoms with Crippen LogP contribution in [0.3, 0.4) is 0 Å². The summed E-state index contributed by atoms with van der Waals surface area (Å²) >= 11 is 0. The van der Waals surface area contributed by atoms with E-state index in [-0.39, 0.29) is 0 Å². The van der Waals surface area contributed by atoms with Gasteiger partial charge in [0.05, 0.1) is 16.4 Å². The summed E-state index contributed by atoms with van der Waals surface area (Å²) in [6.07, 6.45) is 0. The number of para-hydroxylation sites is 2. The van der Waals surface area contributed by atoms with Gasteiger partial charge < -0.3 is 13.4 Å². The minimum atomic E-state index is 0.568. The van der Waals surface area contributed by atoms with Gasteiger partial charge in [-0.15, -0.1) is 0 Å². The highest BCUT2D eigenvalue weighted by molar-refractivity contribution is 6.24. The van der Waals surface area contributed by atoms with Gasteiger partial charge in [0.25, 0.3) is 0 Å². The van der Waals surface area contributed by atoms with Crippen molar-refractivity contribution in [2.75, 3.05) is 0 Å². The van der Waals surface area contributed by atoms with E-state index < -0.39 is 0 Å². The summed E-state index contributed by atoms with van der Waals surface area (Å²) in [5, 5.41) is 6.66. The summed E-state index contributed by atoms with van der Waals surface area (Å²) in [5.41, 5.74) is 11.5. The van der Waals surface area contributed by atoms with Gasteiger partial charge in [-0.25, -0.2) is 15.0 Å². The molecule has 0 radical (unpaired) electrons. The Labute approximate surface area is 325 Å². The van der Waals surface area contributed by atoms with Gasteiger partial charge in [0.1, 0.15) is 22.3 Å². The Bertz CT molecular complexity index is 3530. The van der Waals surface area contributed by atoms with Crippen LogP contribution in [0.1, 0.15) is 0 Å². The number of fused-ring (bicyclic) bond motifs is 10. The fourth-order valence-corrected chi connectivity index (χ4v) is 8.49. The quantitative estimate of drug-likeness (QED) is 0.176. The maximum atomic E-state index is 6.50. The Morgan fingerprint density at radius 3 is 1.75 bits per heavy atom. The van der Waals surface area contributed by atoms with Crippen molar-refractivity contribution in [1.29, 1.82) is 0 Å². The summed E-state index contributed by atoms with van der Waals surface area (Å²) < 4.78 is 15.2. The maximum Gasteiger partial charge on any atom is 0.164 e. The smallest absolute Gasteiger partial charge is 0.164 e. The third-order valence-corrected chi connectivity index (χ3v) is 11.0. The first kappa shape index (κ1) is 31.5. The Hall–Kier alpha value is -7.83. The molecular formula is C51H30N4O2. The maximum absolute atomic E-state index is 6.50. The van der Waals surface area contributed by atoms with E-state index in [1.54, 1.807) is 0 Å². The molecule has 0 saturated carbocycles. The van der Waals surface area contributed by atoms with E-state index >= 15 is 0 Å². The van der Waals surface area contributed by atoms with E-state index in [0.717, 1.165) is 88.4 Å². The van der Waals surface area contributed by atoms with Crippen molar-refractivity contribution in [3.63, 3.8) is 0 Å². The van der Waals surface area contributed by atoms with Gasteiger partial charge in [0, 0.05) is 49.3 Å². The lowest BCUT2D eigenvalue weighted by Gasteiger charge is -2.12. The third-order valence-electron chi connectivity index (χ3n) is 11.0. The number of hydrogen-bond acceptors (Lipinski definition) is 5. The van der Waals surface area contributed by atoms with E-state index in [1.807, 2.05) is 66.7 Å². The van der Waals surface area contributed by atoms with Crippen LogP contribution in [0.15, 0.2) is 191 Å². The minimum Gasteiger partial charge on any atom is -0.456 e. The second-order valence-corrected chi connectivity index (χ2v) is 14.4. The highest BCUT2D eigenvalue weighted by atomic mass is 16.3. The largest absolute Gasteiger partial charge is 0.456 e. The van der Waals surface area contributed by atoms with Crippen molar-refractivity contribution in [3.8, 4) is 51.0 Å². The average molecular weight is 731 g/mol. The molecule has 0 bridgehead atoms. The van der Waals surface area contributed by atoms with Crippen LogP contribution in [0.2, 0.25) is 0 Å². The molecule has 266 valence electrons. The molecule has 8 aromatic carbocycles. The molecule has 0 spiro atoms. The molecule has 6 nitrogen and oxygen atoms in total. The standard InChI is InChI=1S/C51H30N4O2/c1-3-13-31(14-4-1)36-21-12-24-43-46(36)40-26-25-34(30-45(40)57-43)51-53-49(32-15-5-2-6-16-32)52-50(54-51)33-17-11-18-35(29-33)55-41-22-9-7-19-37(41)38-27-28-44-47(48(38)55)39-20-8-10-23-42(39)56-44/h1-30H. The number of nitrogens with zero attached hydrogens (tertiary/aromatic N) is 4. The Morgan fingerprint density at radius 1 is 0.351 bits per heavy atom. The number of aromatic nitrogens is 4. The van der Waals surface area contributed by atoms with Crippen molar-refractivity contribution in [2.24, 2.45) is 0 Å². The van der Waals surface area contributed by atoms with Crippen LogP contribution < -0.4 is 0 Å². The fourth-order valence-electron chi connectivity index (χ4n) is 8.49. The van der Waals surface area contributed by atoms with Crippen LogP contribution in [-0.4, -0.2) is 19.5 Å². The highest BCUT2D eigenvalue weighted by Crippen LogP contribution is 2.42. The fraction of sp³-hybridized carbons (Fsp3) is 0. The van der Waals surface area contributed by atoms with Crippen molar-refractivity contribution < 1.29 is 8.83 Å². The summed E-state index contributed by atoms with van der Waals surface area (Å²) in [6.45, 7) is 0. The second-order valence-electron chi connectivity index (χ2n) is 14.4. The number of hydrogen-bond donors (Lipinski definition) is 0. The van der Waals surface area contributed by atoms with E-state index in [4.69, 9.17) is 23.8 Å². The van der Waals surface area contributed by atoms with Crippen molar-refractivity contribution in [2.45, 2.75) is 0 Å². The van der Waals surface area contributed by atoms with E-state index in [2.05, 4.69) is 120 Å². The van der Waals surface area contributed by atoms with Crippen molar-refractivity contribution in [1.82, 2.24) is 19.5 Å². The molecule has 6 heteroatoms. The average Bonchev–Trinajstić information content (AvgIpc) is 3.96. The molecule has 0 aliphatic carbocycles. The molecule has 0 saturated heterocycles. The molecule has 0 aliphatic rings. The molecule has 4 aromatic heterocycles. The Balaban J connectivity index is 1.05. The van der Waals surface area contributed by atoms with Crippen LogP contribution in [0.25, 0.3) is 117 Å². The molecule has 4 heterocycles. The number of furan rings is 2. The van der Waals surface area contributed by atoms with Gasteiger partial charge in [-0.1, -0.05) is 127 Å². The molecule has 0 amide bonds. The Kier molecular flexibility index (Phi) is 6.83. The van der Waals surface area contributed by atoms with Crippen LogP contribution in [0, 0.1) is 0 Å². The molecule has 0 atom stereocenters. The highest BCUT2D eigenvalue weighted by Gasteiger charge is 2.21. The first-order chi connectivity index (χ1) is 28.2. The van der Waals surface area contributed by atoms with Crippen LogP contribution in [0.4, 0.5) is 0 Å². The first-order valence-electron chi connectivity index (χ1n) is 19.0. The lowest BCUT2D eigenvalue weighted by atomic mass is 9.99. The monoisotopic (exact) mass is 730 g/mol. The third kappa shape index (κ3) is 4.94.